The fourth-order valence-corrected chi connectivity index (χ4v) is 4.78. The van der Waals surface area contributed by atoms with Crippen LogP contribution >= 0.6 is 7.60 Å². The lowest BCUT2D eigenvalue weighted by molar-refractivity contribution is 0.143. The van der Waals surface area contributed by atoms with Gasteiger partial charge in [-0.3, -0.25) is 5.32 Å². The van der Waals surface area contributed by atoms with Gasteiger partial charge in [0.15, 0.2) is 5.44 Å². The quantitative estimate of drug-likeness (QED) is 0.241. The summed E-state index contributed by atoms with van der Waals surface area (Å²) < 4.78 is 31.5. The van der Waals surface area contributed by atoms with Crippen molar-refractivity contribution >= 4 is 19.8 Å². The lowest BCUT2D eigenvalue weighted by atomic mass is 10.1. The van der Waals surface area contributed by atoms with E-state index in [2.05, 4.69) is 11.4 Å². The Morgan fingerprint density at radius 3 is 1.81 bits per heavy atom. The maximum absolute atomic E-state index is 14.4. The second-order valence-corrected chi connectivity index (χ2v) is 9.60. The minimum absolute atomic E-state index is 0.0141. The van der Waals surface area contributed by atoms with Gasteiger partial charge in [-0.2, -0.15) is 5.26 Å². The first-order valence-corrected chi connectivity index (χ1v) is 12.9. The Labute approximate surface area is 215 Å². The highest BCUT2D eigenvalue weighted by molar-refractivity contribution is 7.59. The first-order chi connectivity index (χ1) is 18.0. The predicted octanol–water partition coefficient (Wildman–Crippen LogP) is 7.13. The molecule has 0 spiro atoms. The first-order valence-electron chi connectivity index (χ1n) is 11.3. The molecule has 0 fully saturated rings. The molecular formula is C29H23N2O5P. The highest BCUT2D eigenvalue weighted by Gasteiger charge is 2.36. The van der Waals surface area contributed by atoms with Gasteiger partial charge in [-0.15, -0.1) is 0 Å². The Bertz CT molecular complexity index is 1390. The lowest BCUT2D eigenvalue weighted by Crippen LogP contribution is -2.26. The van der Waals surface area contributed by atoms with Gasteiger partial charge in [-0.25, -0.2) is 9.36 Å². The van der Waals surface area contributed by atoms with Crippen LogP contribution in [-0.2, 0) is 15.9 Å². The molecule has 8 heteroatoms. The van der Waals surface area contributed by atoms with Gasteiger partial charge >= 0.3 is 13.7 Å². The molecule has 4 aromatic carbocycles. The van der Waals surface area contributed by atoms with Gasteiger partial charge in [0.1, 0.15) is 18.1 Å². The normalized spacial score (nSPS) is 11.2. The predicted molar refractivity (Wildman–Crippen MR) is 141 cm³/mol. The molecular weight excluding hydrogens is 487 g/mol. The molecule has 184 valence electrons. The van der Waals surface area contributed by atoms with E-state index in [4.69, 9.17) is 19.0 Å². The largest absolute Gasteiger partial charge is 0.479 e. The van der Waals surface area contributed by atoms with E-state index in [1.165, 1.54) is 6.08 Å². The summed E-state index contributed by atoms with van der Waals surface area (Å²) >= 11 is 0. The van der Waals surface area contributed by atoms with Crippen LogP contribution in [0, 0.1) is 11.3 Å². The van der Waals surface area contributed by atoms with Crippen LogP contribution < -0.4 is 14.4 Å². The summed E-state index contributed by atoms with van der Waals surface area (Å²) in [5.41, 5.74) is 1.67. The van der Waals surface area contributed by atoms with Crippen molar-refractivity contribution in [1.82, 2.24) is 5.32 Å². The van der Waals surface area contributed by atoms with E-state index in [0.717, 1.165) is 5.56 Å². The first kappa shape index (κ1) is 25.3. The number of carbonyl (C=O) groups excluding carboxylic acids is 1. The van der Waals surface area contributed by atoms with Crippen LogP contribution in [0.15, 0.2) is 121 Å². The van der Waals surface area contributed by atoms with E-state index in [-0.39, 0.29) is 23.5 Å². The zero-order valence-corrected chi connectivity index (χ0v) is 20.6. The van der Waals surface area contributed by atoms with Gasteiger partial charge in [0, 0.05) is 0 Å². The number of hydrogen-bond donors (Lipinski definition) is 1. The van der Waals surface area contributed by atoms with E-state index in [1.807, 2.05) is 30.3 Å². The molecule has 7 nitrogen and oxygen atoms in total. The van der Waals surface area contributed by atoms with Crippen molar-refractivity contribution in [1.29, 1.82) is 5.26 Å². The monoisotopic (exact) mass is 510 g/mol. The zero-order valence-electron chi connectivity index (χ0n) is 19.7. The lowest BCUT2D eigenvalue weighted by Gasteiger charge is -2.23. The summed E-state index contributed by atoms with van der Waals surface area (Å²) in [6, 6.07) is 34.8. The van der Waals surface area contributed by atoms with Crippen molar-refractivity contribution in [2.75, 3.05) is 0 Å². The molecule has 0 saturated heterocycles. The van der Waals surface area contributed by atoms with Crippen molar-refractivity contribution < 1.29 is 23.1 Å². The molecule has 1 N–H and O–H groups in total. The SMILES string of the molecule is N#Cc1ccc(/C=C(/NC(=O)OCc2ccccc2)P(=O)(Oc2ccccc2)Oc2ccccc2)cc1. The topological polar surface area (TPSA) is 97.7 Å². The standard InChI is InChI=1S/C29H23N2O5P/c30-21-24-18-16-23(17-19-24)20-28(31-29(32)34-22-25-10-4-1-5-11-25)37(33,35-26-12-6-2-7-13-26)36-27-14-8-3-9-15-27/h1-20H,22H2,(H,31,32)/b28-20-. The fraction of sp³-hybridized carbons (Fsp3) is 0.0345. The molecule has 4 rings (SSSR count). The average molecular weight is 510 g/mol. The van der Waals surface area contributed by atoms with Gasteiger partial charge in [0.2, 0.25) is 0 Å². The van der Waals surface area contributed by atoms with Crippen molar-refractivity contribution in [3.05, 3.63) is 137 Å². The van der Waals surface area contributed by atoms with Gasteiger partial charge in [0.05, 0.1) is 11.6 Å². The number of hydrogen-bond acceptors (Lipinski definition) is 6. The van der Waals surface area contributed by atoms with Crippen molar-refractivity contribution in [2.24, 2.45) is 0 Å². The number of para-hydroxylation sites is 2. The molecule has 0 unspecified atom stereocenters. The number of ether oxygens (including phenoxy) is 1. The number of nitrogens with one attached hydrogen (secondary N) is 1. The summed E-state index contributed by atoms with van der Waals surface area (Å²) in [6.07, 6.45) is 0.634. The molecule has 0 atom stereocenters. The number of alkyl carbamates (subject to hydrolysis) is 1. The third-order valence-electron chi connectivity index (χ3n) is 5.02. The number of nitriles is 1. The fourth-order valence-electron chi connectivity index (χ4n) is 3.22. The molecule has 4 aromatic rings. The molecule has 0 radical (unpaired) electrons. The number of carbonyl (C=O) groups is 1. The van der Waals surface area contributed by atoms with Crippen LogP contribution in [0.3, 0.4) is 0 Å². The van der Waals surface area contributed by atoms with E-state index in [1.54, 1.807) is 84.9 Å². The maximum Gasteiger partial charge on any atom is 0.479 e. The van der Waals surface area contributed by atoms with Crippen molar-refractivity contribution in [3.8, 4) is 17.6 Å². The van der Waals surface area contributed by atoms with Crippen molar-refractivity contribution in [2.45, 2.75) is 6.61 Å². The van der Waals surface area contributed by atoms with Gasteiger partial charge < -0.3 is 13.8 Å². The molecule has 0 saturated carbocycles. The highest BCUT2D eigenvalue weighted by atomic mass is 31.2. The van der Waals surface area contributed by atoms with Crippen LogP contribution in [-0.4, -0.2) is 6.09 Å². The van der Waals surface area contributed by atoms with E-state index >= 15 is 0 Å². The molecule has 0 aliphatic rings. The van der Waals surface area contributed by atoms with Gasteiger partial charge in [-0.1, -0.05) is 78.9 Å². The van der Waals surface area contributed by atoms with E-state index < -0.39 is 13.7 Å². The third kappa shape index (κ3) is 7.35. The summed E-state index contributed by atoms with van der Waals surface area (Å²) in [4.78, 5) is 12.8. The Morgan fingerprint density at radius 2 is 1.30 bits per heavy atom. The van der Waals surface area contributed by atoms with Gasteiger partial charge in [0.25, 0.3) is 0 Å². The van der Waals surface area contributed by atoms with Crippen LogP contribution in [0.2, 0.25) is 0 Å². The van der Waals surface area contributed by atoms with Gasteiger partial charge in [-0.05, 0) is 53.6 Å². The Hall–Kier alpha value is -4.79. The van der Waals surface area contributed by atoms with Crippen LogP contribution in [0.1, 0.15) is 16.7 Å². The third-order valence-corrected chi connectivity index (χ3v) is 6.75. The number of benzene rings is 4. The van der Waals surface area contributed by atoms with Crippen LogP contribution in [0.5, 0.6) is 11.5 Å². The summed E-state index contributed by atoms with van der Waals surface area (Å²) in [5, 5.41) is 11.7. The zero-order chi connectivity index (χ0) is 25.9. The minimum Gasteiger partial charge on any atom is -0.444 e. The molecule has 1 amide bonds. The summed E-state index contributed by atoms with van der Waals surface area (Å²) in [5.74, 6) is 0.568. The summed E-state index contributed by atoms with van der Waals surface area (Å²) in [6.45, 7) is 0.0141. The second kappa shape index (κ2) is 12.3. The number of amides is 1. The Balaban J connectivity index is 1.69. The molecule has 0 bridgehead atoms. The summed E-state index contributed by atoms with van der Waals surface area (Å²) in [7, 11) is -4.22. The molecule has 0 aliphatic carbocycles. The smallest absolute Gasteiger partial charge is 0.444 e. The van der Waals surface area contributed by atoms with E-state index in [9.17, 15) is 9.36 Å². The molecule has 37 heavy (non-hydrogen) atoms. The Kier molecular flexibility index (Phi) is 8.38. The second-order valence-electron chi connectivity index (χ2n) is 7.76. The molecule has 0 aliphatic heterocycles. The van der Waals surface area contributed by atoms with Crippen LogP contribution in [0.4, 0.5) is 4.79 Å². The molecule has 0 aromatic heterocycles. The molecule has 0 heterocycles. The highest BCUT2D eigenvalue weighted by Crippen LogP contribution is 2.55. The minimum atomic E-state index is -4.22. The van der Waals surface area contributed by atoms with Crippen LogP contribution in [0.25, 0.3) is 6.08 Å². The Morgan fingerprint density at radius 1 is 0.784 bits per heavy atom. The number of rotatable bonds is 9. The van der Waals surface area contributed by atoms with Crippen molar-refractivity contribution in [3.63, 3.8) is 0 Å². The maximum atomic E-state index is 14.4. The van der Waals surface area contributed by atoms with E-state index in [0.29, 0.717) is 11.1 Å². The number of nitrogens with zero attached hydrogens (tertiary/aromatic N) is 1. The average Bonchev–Trinajstić information content (AvgIpc) is 2.93.